The molecule has 0 spiro atoms. The van der Waals surface area contributed by atoms with Crippen LogP contribution in [0.4, 0.5) is 10.5 Å². The van der Waals surface area contributed by atoms with Gasteiger partial charge in [-0.15, -0.1) is 5.10 Å². The van der Waals surface area contributed by atoms with E-state index in [-0.39, 0.29) is 12.1 Å². The van der Waals surface area contributed by atoms with Crippen molar-refractivity contribution in [2.75, 3.05) is 5.32 Å². The Kier molecular flexibility index (Phi) is 4.57. The van der Waals surface area contributed by atoms with Crippen LogP contribution in [-0.4, -0.2) is 25.4 Å². The van der Waals surface area contributed by atoms with Crippen LogP contribution in [0.25, 0.3) is 11.3 Å². The first-order valence-corrected chi connectivity index (χ1v) is 8.31. The van der Waals surface area contributed by atoms with Gasteiger partial charge in [0.2, 0.25) is 0 Å². The van der Waals surface area contributed by atoms with Crippen molar-refractivity contribution >= 4 is 23.3 Å². The number of anilines is 1. The number of hydrogen-bond donors (Lipinski definition) is 2. The molecule has 2 heterocycles. The summed E-state index contributed by atoms with van der Waals surface area (Å²) in [5, 5.41) is 15.9. The van der Waals surface area contributed by atoms with Gasteiger partial charge in [-0.05, 0) is 37.5 Å². The maximum absolute atomic E-state index is 12.2. The molecule has 0 saturated carbocycles. The van der Waals surface area contributed by atoms with E-state index in [1.54, 1.807) is 4.68 Å². The quantitative estimate of drug-likeness (QED) is 0.763. The molecule has 0 bridgehead atoms. The second-order valence-electron chi connectivity index (χ2n) is 5.53. The number of aromatic nitrogens is 4. The molecule has 8 heteroatoms. The molecule has 0 radical (unpaired) electrons. The lowest BCUT2D eigenvalue weighted by Crippen LogP contribution is -2.31. The van der Waals surface area contributed by atoms with Crippen LogP contribution in [0.5, 0.6) is 0 Å². The Bertz CT molecular complexity index is 825. The molecule has 3 aromatic rings. The van der Waals surface area contributed by atoms with Gasteiger partial charge in [0.05, 0.1) is 11.7 Å². The molecule has 0 unspecified atom stereocenters. The zero-order valence-corrected chi connectivity index (χ0v) is 14.5. The zero-order chi connectivity index (χ0) is 17.1. The summed E-state index contributed by atoms with van der Waals surface area (Å²) < 4.78 is 5.59. The van der Waals surface area contributed by atoms with Crippen molar-refractivity contribution in [1.29, 1.82) is 0 Å². The summed E-state index contributed by atoms with van der Waals surface area (Å²) in [7, 11) is 1.86. The minimum atomic E-state index is -0.256. The molecular weight excluding hydrogens is 324 g/mol. The average molecular weight is 342 g/mol. The standard InChI is InChI=1S/C16H18N6OS/c1-10(14-8-22(3)20-11(14)2)17-16(23)18-13-6-4-12(5-7-13)15-9-24-21-19-15/h4-10H,1-3H3,(H2,17,18,23)/t10-/m0/s1. The lowest BCUT2D eigenvalue weighted by atomic mass is 10.1. The third kappa shape index (κ3) is 3.60. The van der Waals surface area contributed by atoms with Crippen molar-refractivity contribution < 1.29 is 4.79 Å². The number of rotatable bonds is 4. The molecule has 0 aliphatic carbocycles. The number of urea groups is 1. The number of carbonyl (C=O) groups is 1. The SMILES string of the molecule is Cc1nn(C)cc1[C@H](C)NC(=O)Nc1ccc(-c2csnn2)cc1. The van der Waals surface area contributed by atoms with E-state index in [1.807, 2.05) is 56.7 Å². The van der Waals surface area contributed by atoms with Gasteiger partial charge in [0.15, 0.2) is 0 Å². The third-order valence-electron chi connectivity index (χ3n) is 3.66. The molecule has 0 aliphatic heterocycles. The van der Waals surface area contributed by atoms with Crippen molar-refractivity contribution in [1.82, 2.24) is 24.7 Å². The van der Waals surface area contributed by atoms with Crippen LogP contribution in [0.15, 0.2) is 35.8 Å². The van der Waals surface area contributed by atoms with Gasteiger partial charge in [-0.3, -0.25) is 4.68 Å². The number of nitrogens with zero attached hydrogens (tertiary/aromatic N) is 4. The second-order valence-corrected chi connectivity index (χ2v) is 6.14. The van der Waals surface area contributed by atoms with Gasteiger partial charge >= 0.3 is 6.03 Å². The third-order valence-corrected chi connectivity index (χ3v) is 4.17. The smallest absolute Gasteiger partial charge is 0.319 e. The summed E-state index contributed by atoms with van der Waals surface area (Å²) in [6.45, 7) is 3.86. The van der Waals surface area contributed by atoms with Gasteiger partial charge in [0.1, 0.15) is 5.69 Å². The molecule has 24 heavy (non-hydrogen) atoms. The molecule has 1 atom stereocenters. The first-order valence-electron chi connectivity index (χ1n) is 7.48. The molecule has 124 valence electrons. The van der Waals surface area contributed by atoms with Gasteiger partial charge < -0.3 is 10.6 Å². The molecule has 0 aliphatic rings. The fourth-order valence-electron chi connectivity index (χ4n) is 2.50. The predicted octanol–water partition coefficient (Wildman–Crippen LogP) is 3.13. The minimum absolute atomic E-state index is 0.126. The summed E-state index contributed by atoms with van der Waals surface area (Å²) in [5.41, 5.74) is 4.42. The molecule has 3 rings (SSSR count). The van der Waals surface area contributed by atoms with E-state index < -0.39 is 0 Å². The van der Waals surface area contributed by atoms with Crippen LogP contribution in [0, 0.1) is 6.92 Å². The number of hydrogen-bond acceptors (Lipinski definition) is 5. The second kappa shape index (κ2) is 6.79. The lowest BCUT2D eigenvalue weighted by Gasteiger charge is -2.14. The Hall–Kier alpha value is -2.74. The highest BCUT2D eigenvalue weighted by Gasteiger charge is 2.14. The summed E-state index contributed by atoms with van der Waals surface area (Å²) in [6, 6.07) is 7.11. The summed E-state index contributed by atoms with van der Waals surface area (Å²) in [6.07, 6.45) is 1.91. The van der Waals surface area contributed by atoms with E-state index in [0.717, 1.165) is 28.2 Å². The highest BCUT2D eigenvalue weighted by atomic mass is 32.1. The van der Waals surface area contributed by atoms with Gasteiger partial charge in [0, 0.05) is 35.4 Å². The first kappa shape index (κ1) is 16.1. The lowest BCUT2D eigenvalue weighted by molar-refractivity contribution is 0.249. The van der Waals surface area contributed by atoms with Crippen molar-refractivity contribution in [3.63, 3.8) is 0 Å². The molecule has 2 aromatic heterocycles. The number of carbonyl (C=O) groups excluding carboxylic acids is 1. The molecule has 2 N–H and O–H groups in total. The number of amides is 2. The molecule has 7 nitrogen and oxygen atoms in total. The van der Waals surface area contributed by atoms with E-state index in [2.05, 4.69) is 25.3 Å². The highest BCUT2D eigenvalue weighted by Crippen LogP contribution is 2.20. The largest absolute Gasteiger partial charge is 0.331 e. The molecular formula is C16H18N6OS. The Morgan fingerprint density at radius 2 is 2.04 bits per heavy atom. The predicted molar refractivity (Wildman–Crippen MR) is 93.9 cm³/mol. The maximum Gasteiger partial charge on any atom is 0.319 e. The van der Waals surface area contributed by atoms with Crippen LogP contribution >= 0.6 is 11.5 Å². The van der Waals surface area contributed by atoms with Crippen molar-refractivity contribution in [2.45, 2.75) is 19.9 Å². The van der Waals surface area contributed by atoms with Crippen LogP contribution in [0.2, 0.25) is 0 Å². The van der Waals surface area contributed by atoms with Gasteiger partial charge in [-0.25, -0.2) is 4.79 Å². The van der Waals surface area contributed by atoms with E-state index in [4.69, 9.17) is 0 Å². The van der Waals surface area contributed by atoms with Crippen LogP contribution < -0.4 is 10.6 Å². The van der Waals surface area contributed by atoms with Gasteiger partial charge in [-0.2, -0.15) is 5.10 Å². The van der Waals surface area contributed by atoms with Crippen LogP contribution in [-0.2, 0) is 7.05 Å². The van der Waals surface area contributed by atoms with Crippen LogP contribution in [0.1, 0.15) is 24.2 Å². The van der Waals surface area contributed by atoms with Gasteiger partial charge in [0.25, 0.3) is 0 Å². The number of benzene rings is 1. The minimum Gasteiger partial charge on any atom is -0.331 e. The first-order chi connectivity index (χ1) is 11.5. The van der Waals surface area contributed by atoms with E-state index in [1.165, 1.54) is 11.5 Å². The average Bonchev–Trinajstić information content (AvgIpc) is 3.17. The Morgan fingerprint density at radius 3 is 2.62 bits per heavy atom. The van der Waals surface area contributed by atoms with E-state index in [0.29, 0.717) is 0 Å². The highest BCUT2D eigenvalue weighted by molar-refractivity contribution is 7.03. The van der Waals surface area contributed by atoms with E-state index >= 15 is 0 Å². The molecule has 0 saturated heterocycles. The summed E-state index contributed by atoms with van der Waals surface area (Å²) in [4.78, 5) is 12.2. The van der Waals surface area contributed by atoms with Crippen molar-refractivity contribution in [3.05, 3.63) is 47.1 Å². The Labute approximate surface area is 143 Å². The van der Waals surface area contributed by atoms with E-state index in [9.17, 15) is 4.79 Å². The maximum atomic E-state index is 12.2. The van der Waals surface area contributed by atoms with Crippen molar-refractivity contribution in [2.24, 2.45) is 7.05 Å². The fraction of sp³-hybridized carbons (Fsp3) is 0.250. The van der Waals surface area contributed by atoms with Crippen LogP contribution in [0.3, 0.4) is 0 Å². The van der Waals surface area contributed by atoms with Gasteiger partial charge in [-0.1, -0.05) is 16.6 Å². The monoisotopic (exact) mass is 342 g/mol. The molecule has 1 aromatic carbocycles. The zero-order valence-electron chi connectivity index (χ0n) is 13.6. The Morgan fingerprint density at radius 1 is 1.29 bits per heavy atom. The molecule has 0 fully saturated rings. The molecule has 2 amide bonds. The summed E-state index contributed by atoms with van der Waals surface area (Å²) >= 11 is 1.31. The topological polar surface area (TPSA) is 84.7 Å². The number of nitrogens with one attached hydrogen (secondary N) is 2. The summed E-state index contributed by atoms with van der Waals surface area (Å²) in [5.74, 6) is 0. The number of aryl methyl sites for hydroxylation is 2. The fourth-order valence-corrected chi connectivity index (χ4v) is 2.96. The normalized spacial score (nSPS) is 12.0. The van der Waals surface area contributed by atoms with Crippen molar-refractivity contribution in [3.8, 4) is 11.3 Å². The Balaban J connectivity index is 1.61.